The molecule has 2 bridgehead atoms. The maximum absolute atomic E-state index is 12.0. The molecule has 3 N–H and O–H groups in total. The molecule has 4 unspecified atom stereocenters. The molecule has 4 atom stereocenters. The highest BCUT2D eigenvalue weighted by atomic mass is 16.4. The summed E-state index contributed by atoms with van der Waals surface area (Å²) in [5, 5.41) is 15.7. The molecule has 3 aliphatic carbocycles. The van der Waals surface area contributed by atoms with E-state index in [2.05, 4.69) is 10.6 Å². The van der Waals surface area contributed by atoms with Crippen molar-refractivity contribution >= 4 is 11.9 Å². The van der Waals surface area contributed by atoms with Crippen molar-refractivity contribution in [3.63, 3.8) is 0 Å². The number of carbonyl (C=O) groups is 2. The monoisotopic (exact) mass is 294 g/mol. The van der Waals surface area contributed by atoms with Crippen molar-refractivity contribution in [3.05, 3.63) is 0 Å². The number of fused-ring (bicyclic) bond motifs is 2. The molecule has 0 spiro atoms. The average Bonchev–Trinajstić information content (AvgIpc) is 3.06. The molecular formula is C16H26N2O3. The summed E-state index contributed by atoms with van der Waals surface area (Å²) >= 11 is 0. The van der Waals surface area contributed by atoms with Gasteiger partial charge in [-0.15, -0.1) is 0 Å². The number of carboxylic acids is 1. The molecule has 1 amide bonds. The van der Waals surface area contributed by atoms with Gasteiger partial charge in [-0.25, -0.2) is 0 Å². The minimum atomic E-state index is -0.701. The molecule has 5 nitrogen and oxygen atoms in total. The minimum Gasteiger partial charge on any atom is -0.481 e. The molecule has 3 fully saturated rings. The lowest BCUT2D eigenvalue weighted by Crippen LogP contribution is -2.49. The average molecular weight is 294 g/mol. The van der Waals surface area contributed by atoms with Gasteiger partial charge in [0, 0.05) is 12.1 Å². The van der Waals surface area contributed by atoms with E-state index >= 15 is 0 Å². The fourth-order valence-corrected chi connectivity index (χ4v) is 4.68. The van der Waals surface area contributed by atoms with Crippen LogP contribution >= 0.6 is 0 Å². The highest BCUT2D eigenvalue weighted by molar-refractivity contribution is 5.78. The van der Waals surface area contributed by atoms with Crippen molar-refractivity contribution in [1.29, 1.82) is 0 Å². The van der Waals surface area contributed by atoms with E-state index in [4.69, 9.17) is 0 Å². The summed E-state index contributed by atoms with van der Waals surface area (Å²) < 4.78 is 0. The van der Waals surface area contributed by atoms with Crippen LogP contribution in [0.5, 0.6) is 0 Å². The zero-order valence-electron chi connectivity index (χ0n) is 12.5. The van der Waals surface area contributed by atoms with E-state index in [1.807, 2.05) is 0 Å². The number of nitrogens with one attached hydrogen (secondary N) is 2. The van der Waals surface area contributed by atoms with Crippen molar-refractivity contribution in [3.8, 4) is 0 Å². The fraction of sp³-hybridized carbons (Fsp3) is 0.875. The first-order valence-electron chi connectivity index (χ1n) is 8.40. The number of amides is 1. The number of aliphatic carboxylic acids is 1. The van der Waals surface area contributed by atoms with Crippen molar-refractivity contribution < 1.29 is 14.7 Å². The van der Waals surface area contributed by atoms with Crippen LogP contribution in [0.1, 0.15) is 51.4 Å². The van der Waals surface area contributed by atoms with E-state index in [0.29, 0.717) is 17.9 Å². The zero-order chi connectivity index (χ0) is 14.8. The Hall–Kier alpha value is -1.10. The molecule has 3 rings (SSSR count). The first kappa shape index (κ1) is 14.8. The third kappa shape index (κ3) is 3.23. The maximum Gasteiger partial charge on any atom is 0.308 e. The molecule has 0 aromatic carbocycles. The van der Waals surface area contributed by atoms with Crippen LogP contribution in [-0.2, 0) is 9.59 Å². The zero-order valence-corrected chi connectivity index (χ0v) is 12.5. The van der Waals surface area contributed by atoms with Crippen LogP contribution in [0.25, 0.3) is 0 Å². The van der Waals surface area contributed by atoms with Gasteiger partial charge >= 0.3 is 5.97 Å². The van der Waals surface area contributed by atoms with Gasteiger partial charge < -0.3 is 15.7 Å². The van der Waals surface area contributed by atoms with Crippen LogP contribution in [0.15, 0.2) is 0 Å². The first-order chi connectivity index (χ1) is 10.1. The topological polar surface area (TPSA) is 78.4 Å². The third-order valence-electron chi connectivity index (χ3n) is 5.67. The van der Waals surface area contributed by atoms with E-state index in [9.17, 15) is 14.7 Å². The lowest BCUT2D eigenvalue weighted by molar-refractivity contribution is -0.144. The van der Waals surface area contributed by atoms with Crippen LogP contribution in [0.2, 0.25) is 0 Å². The van der Waals surface area contributed by atoms with Gasteiger partial charge in [0.2, 0.25) is 5.91 Å². The van der Waals surface area contributed by atoms with E-state index < -0.39 is 5.97 Å². The van der Waals surface area contributed by atoms with Gasteiger partial charge in [-0.2, -0.15) is 0 Å². The normalized spacial score (nSPS) is 35.8. The lowest BCUT2D eigenvalue weighted by atomic mass is 9.84. The number of carboxylic acid groups (broad SMARTS) is 1. The van der Waals surface area contributed by atoms with E-state index in [0.717, 1.165) is 32.1 Å². The standard InChI is InChI=1S/C16H26N2O3/c19-13(18-12-4-2-1-3-5-12)9-17-15-11-7-6-10(8-11)14(15)16(20)21/h10-12,14-15,17H,1-9H2,(H,18,19)(H,20,21). The molecule has 0 radical (unpaired) electrons. The highest BCUT2D eigenvalue weighted by Gasteiger charge is 2.50. The Balaban J connectivity index is 1.47. The van der Waals surface area contributed by atoms with Crippen LogP contribution in [-0.4, -0.2) is 35.6 Å². The Morgan fingerprint density at radius 1 is 1.00 bits per heavy atom. The Kier molecular flexibility index (Phi) is 4.48. The molecule has 0 aliphatic heterocycles. The van der Waals surface area contributed by atoms with E-state index in [1.165, 1.54) is 19.3 Å². The van der Waals surface area contributed by atoms with Gasteiger partial charge in [0.25, 0.3) is 0 Å². The summed E-state index contributed by atoms with van der Waals surface area (Å²) in [5.41, 5.74) is 0. The molecule has 21 heavy (non-hydrogen) atoms. The Labute approximate surface area is 125 Å². The quantitative estimate of drug-likeness (QED) is 0.718. The number of hydrogen-bond donors (Lipinski definition) is 3. The summed E-state index contributed by atoms with van der Waals surface area (Å²) in [6.07, 6.45) is 8.99. The predicted octanol–water partition coefficient (Wildman–Crippen LogP) is 1.52. The smallest absolute Gasteiger partial charge is 0.308 e. The van der Waals surface area contributed by atoms with Crippen molar-refractivity contribution in [2.75, 3.05) is 6.54 Å². The lowest BCUT2D eigenvalue weighted by Gasteiger charge is -2.29. The number of carbonyl (C=O) groups excluding carboxylic acids is 1. The summed E-state index contributed by atoms with van der Waals surface area (Å²) in [7, 11) is 0. The maximum atomic E-state index is 12.0. The Morgan fingerprint density at radius 3 is 2.43 bits per heavy atom. The number of hydrogen-bond acceptors (Lipinski definition) is 3. The summed E-state index contributed by atoms with van der Waals surface area (Å²) in [4.78, 5) is 23.5. The molecule has 5 heteroatoms. The molecule has 118 valence electrons. The largest absolute Gasteiger partial charge is 0.481 e. The summed E-state index contributed by atoms with van der Waals surface area (Å²) in [6, 6.07) is 0.307. The fourth-order valence-electron chi connectivity index (χ4n) is 4.68. The van der Waals surface area contributed by atoms with Crippen LogP contribution in [0.4, 0.5) is 0 Å². The van der Waals surface area contributed by atoms with Gasteiger partial charge in [-0.05, 0) is 43.9 Å². The summed E-state index contributed by atoms with van der Waals surface area (Å²) in [6.45, 7) is 0.258. The van der Waals surface area contributed by atoms with Crippen molar-refractivity contribution in [2.45, 2.75) is 63.5 Å². The minimum absolute atomic E-state index is 0.0154. The molecule has 0 aromatic rings. The Morgan fingerprint density at radius 2 is 1.71 bits per heavy atom. The molecule has 3 saturated carbocycles. The SMILES string of the molecule is O=C(CNC1C2CCC(C2)C1C(=O)O)NC1CCCCC1. The van der Waals surface area contributed by atoms with Crippen LogP contribution in [0.3, 0.4) is 0 Å². The van der Waals surface area contributed by atoms with E-state index in [-0.39, 0.29) is 24.4 Å². The van der Waals surface area contributed by atoms with E-state index in [1.54, 1.807) is 0 Å². The first-order valence-corrected chi connectivity index (χ1v) is 8.40. The van der Waals surface area contributed by atoms with Crippen LogP contribution in [0, 0.1) is 17.8 Å². The molecular weight excluding hydrogens is 268 g/mol. The van der Waals surface area contributed by atoms with Crippen molar-refractivity contribution in [1.82, 2.24) is 10.6 Å². The second kappa shape index (κ2) is 6.34. The molecule has 0 aromatic heterocycles. The van der Waals surface area contributed by atoms with Crippen molar-refractivity contribution in [2.24, 2.45) is 17.8 Å². The third-order valence-corrected chi connectivity index (χ3v) is 5.67. The van der Waals surface area contributed by atoms with Gasteiger partial charge in [0.1, 0.15) is 0 Å². The molecule has 0 saturated heterocycles. The second-order valence-corrected chi connectivity index (χ2v) is 7.01. The van der Waals surface area contributed by atoms with Gasteiger partial charge in [-0.1, -0.05) is 19.3 Å². The predicted molar refractivity (Wildman–Crippen MR) is 78.8 cm³/mol. The summed E-state index contributed by atoms with van der Waals surface area (Å²) in [5.74, 6) is -0.225. The van der Waals surface area contributed by atoms with Gasteiger partial charge in [-0.3, -0.25) is 9.59 Å². The molecule has 3 aliphatic rings. The van der Waals surface area contributed by atoms with Crippen LogP contribution < -0.4 is 10.6 Å². The van der Waals surface area contributed by atoms with Gasteiger partial charge in [0.05, 0.1) is 12.5 Å². The molecule has 0 heterocycles. The van der Waals surface area contributed by atoms with Gasteiger partial charge in [0.15, 0.2) is 0 Å². The second-order valence-electron chi connectivity index (χ2n) is 7.01. The Bertz CT molecular complexity index is 406. The highest BCUT2D eigenvalue weighted by Crippen LogP contribution is 2.48. The number of rotatable bonds is 5.